The number of imidazole rings is 1. The van der Waals surface area contributed by atoms with Crippen LogP contribution in [0.1, 0.15) is 29.8 Å². The monoisotopic (exact) mass is 422 g/mol. The van der Waals surface area contributed by atoms with Gasteiger partial charge < -0.3 is 5.32 Å². The van der Waals surface area contributed by atoms with E-state index in [1.54, 1.807) is 12.4 Å². The molecular weight excluding hydrogens is 404 g/mol. The molecule has 6 nitrogen and oxygen atoms in total. The first-order valence-electron chi connectivity index (χ1n) is 8.66. The highest BCUT2D eigenvalue weighted by atomic mass is 79.9. The van der Waals surface area contributed by atoms with E-state index < -0.39 is 0 Å². The summed E-state index contributed by atoms with van der Waals surface area (Å²) in [7, 11) is 0. The van der Waals surface area contributed by atoms with Crippen molar-refractivity contribution in [3.05, 3.63) is 70.6 Å². The molecular formula is C20H19BrN6. The summed E-state index contributed by atoms with van der Waals surface area (Å²) in [4.78, 5) is 17.8. The van der Waals surface area contributed by atoms with Gasteiger partial charge >= 0.3 is 0 Å². The number of nitrogens with one attached hydrogen (secondary N) is 1. The summed E-state index contributed by atoms with van der Waals surface area (Å²) < 4.78 is 2.84. The van der Waals surface area contributed by atoms with Crippen LogP contribution >= 0.6 is 15.9 Å². The fraction of sp³-hybridized carbons (Fsp3) is 0.200. The Hall–Kier alpha value is -2.80. The Balaban J connectivity index is 1.62. The zero-order valence-corrected chi connectivity index (χ0v) is 16.9. The zero-order valence-electron chi connectivity index (χ0n) is 15.3. The number of anilines is 1. The van der Waals surface area contributed by atoms with Crippen LogP contribution in [0.2, 0.25) is 0 Å². The average Bonchev–Trinajstić information content (AvgIpc) is 3.04. The maximum atomic E-state index is 4.70. The number of fused-ring (bicyclic) bond motifs is 1. The zero-order chi connectivity index (χ0) is 19.0. The first kappa shape index (κ1) is 17.6. The Bertz CT molecular complexity index is 1120. The van der Waals surface area contributed by atoms with Crippen LogP contribution in [-0.2, 0) is 0 Å². The van der Waals surface area contributed by atoms with Crippen LogP contribution in [-0.4, -0.2) is 24.3 Å². The molecule has 0 fully saturated rings. The predicted octanol–water partition coefficient (Wildman–Crippen LogP) is 4.74. The van der Waals surface area contributed by atoms with Gasteiger partial charge in [0.15, 0.2) is 11.5 Å². The van der Waals surface area contributed by atoms with Crippen molar-refractivity contribution in [3.63, 3.8) is 0 Å². The molecule has 1 atom stereocenters. The maximum absolute atomic E-state index is 4.70. The lowest BCUT2D eigenvalue weighted by molar-refractivity contribution is 0.862. The van der Waals surface area contributed by atoms with Gasteiger partial charge in [-0.1, -0.05) is 6.07 Å². The van der Waals surface area contributed by atoms with E-state index in [-0.39, 0.29) is 6.04 Å². The molecule has 4 aromatic heterocycles. The van der Waals surface area contributed by atoms with E-state index in [1.165, 1.54) is 0 Å². The molecule has 1 N–H and O–H groups in total. The topological polar surface area (TPSA) is 68.0 Å². The number of aryl methyl sites for hydroxylation is 2. The summed E-state index contributed by atoms with van der Waals surface area (Å²) in [5.41, 5.74) is 6.05. The summed E-state index contributed by atoms with van der Waals surface area (Å²) in [5, 5.41) is 3.44. The number of nitrogens with zero attached hydrogens (tertiary/aromatic N) is 5. The van der Waals surface area contributed by atoms with Crippen LogP contribution in [0.4, 0.5) is 5.82 Å². The van der Waals surface area contributed by atoms with Crippen LogP contribution in [0.25, 0.3) is 16.9 Å². The molecule has 4 aromatic rings. The van der Waals surface area contributed by atoms with Gasteiger partial charge in [-0.3, -0.25) is 14.4 Å². The second-order valence-electron chi connectivity index (χ2n) is 6.54. The summed E-state index contributed by atoms with van der Waals surface area (Å²) >= 11 is 3.49. The molecule has 0 aliphatic rings. The van der Waals surface area contributed by atoms with Gasteiger partial charge in [-0.15, -0.1) is 0 Å². The van der Waals surface area contributed by atoms with Crippen molar-refractivity contribution in [3.8, 4) is 11.3 Å². The largest absolute Gasteiger partial charge is 0.360 e. The summed E-state index contributed by atoms with van der Waals surface area (Å²) in [6.45, 7) is 6.16. The van der Waals surface area contributed by atoms with Crippen molar-refractivity contribution in [2.24, 2.45) is 0 Å². The fourth-order valence-corrected chi connectivity index (χ4v) is 3.50. The normalized spacial score (nSPS) is 12.3. The van der Waals surface area contributed by atoms with Gasteiger partial charge in [0.05, 0.1) is 17.9 Å². The Labute approximate surface area is 165 Å². The second kappa shape index (κ2) is 7.08. The molecule has 4 rings (SSSR count). The number of rotatable bonds is 4. The van der Waals surface area contributed by atoms with Gasteiger partial charge in [0, 0.05) is 36.0 Å². The fourth-order valence-electron chi connectivity index (χ4n) is 3.11. The predicted molar refractivity (Wildman–Crippen MR) is 110 cm³/mol. The van der Waals surface area contributed by atoms with E-state index in [4.69, 9.17) is 4.98 Å². The SMILES string of the molecule is Cc1cc(-c2ncc(C(C)Nc3nccn4c(Br)cnc34)cc2C)ccn1. The van der Waals surface area contributed by atoms with Crippen molar-refractivity contribution in [2.75, 3.05) is 5.32 Å². The molecule has 7 heteroatoms. The van der Waals surface area contributed by atoms with Gasteiger partial charge in [0.1, 0.15) is 4.60 Å². The van der Waals surface area contributed by atoms with Crippen molar-refractivity contribution in [1.82, 2.24) is 24.3 Å². The van der Waals surface area contributed by atoms with Crippen LogP contribution in [0, 0.1) is 13.8 Å². The number of aromatic nitrogens is 5. The molecule has 136 valence electrons. The molecule has 0 saturated carbocycles. The minimum atomic E-state index is 0.0404. The Morgan fingerprint density at radius 3 is 2.67 bits per heavy atom. The quantitative estimate of drug-likeness (QED) is 0.514. The molecule has 0 aliphatic heterocycles. The van der Waals surface area contributed by atoms with E-state index in [2.05, 4.69) is 62.2 Å². The van der Waals surface area contributed by atoms with E-state index >= 15 is 0 Å². The van der Waals surface area contributed by atoms with Crippen LogP contribution < -0.4 is 5.32 Å². The van der Waals surface area contributed by atoms with Crippen LogP contribution in [0.3, 0.4) is 0 Å². The van der Waals surface area contributed by atoms with Gasteiger partial charge in [-0.25, -0.2) is 9.97 Å². The number of hydrogen-bond donors (Lipinski definition) is 1. The highest BCUT2D eigenvalue weighted by molar-refractivity contribution is 9.10. The van der Waals surface area contributed by atoms with Crippen molar-refractivity contribution in [2.45, 2.75) is 26.8 Å². The summed E-state index contributed by atoms with van der Waals surface area (Å²) in [6, 6.07) is 6.25. The highest BCUT2D eigenvalue weighted by Gasteiger charge is 2.13. The average molecular weight is 423 g/mol. The molecule has 4 heterocycles. The van der Waals surface area contributed by atoms with E-state index in [0.29, 0.717) is 0 Å². The molecule has 0 bridgehead atoms. The van der Waals surface area contributed by atoms with E-state index in [0.717, 1.165) is 44.1 Å². The lowest BCUT2D eigenvalue weighted by atomic mass is 10.0. The van der Waals surface area contributed by atoms with Gasteiger partial charge in [-0.2, -0.15) is 0 Å². The third-order valence-electron chi connectivity index (χ3n) is 4.51. The van der Waals surface area contributed by atoms with Gasteiger partial charge in [0.2, 0.25) is 0 Å². The third-order valence-corrected chi connectivity index (χ3v) is 5.09. The van der Waals surface area contributed by atoms with Crippen molar-refractivity contribution < 1.29 is 0 Å². The molecule has 0 aliphatic carbocycles. The number of pyridine rings is 2. The molecule has 1 unspecified atom stereocenters. The Morgan fingerprint density at radius 1 is 1.04 bits per heavy atom. The summed E-state index contributed by atoms with van der Waals surface area (Å²) in [5.74, 6) is 0.738. The van der Waals surface area contributed by atoms with Crippen molar-refractivity contribution >= 4 is 27.4 Å². The molecule has 0 aromatic carbocycles. The van der Waals surface area contributed by atoms with E-state index in [1.807, 2.05) is 36.0 Å². The Morgan fingerprint density at radius 2 is 1.89 bits per heavy atom. The van der Waals surface area contributed by atoms with Crippen LogP contribution in [0.5, 0.6) is 0 Å². The van der Waals surface area contributed by atoms with Gasteiger partial charge in [0.25, 0.3) is 0 Å². The standard InChI is InChI=1S/C20H19BrN6/c1-12-8-16(10-24-18(12)15-4-5-22-13(2)9-15)14(3)26-19-20-25-11-17(21)27(20)7-6-23-19/h4-11,14H,1-3H3,(H,23,26). The third kappa shape index (κ3) is 3.42. The lowest BCUT2D eigenvalue weighted by Gasteiger charge is -2.17. The van der Waals surface area contributed by atoms with Crippen molar-refractivity contribution in [1.29, 1.82) is 0 Å². The maximum Gasteiger partial charge on any atom is 0.180 e. The molecule has 27 heavy (non-hydrogen) atoms. The first-order valence-corrected chi connectivity index (χ1v) is 9.46. The second-order valence-corrected chi connectivity index (χ2v) is 7.35. The molecule has 0 amide bonds. The number of halogens is 1. The first-order chi connectivity index (χ1) is 13.0. The molecule has 0 spiro atoms. The smallest absolute Gasteiger partial charge is 0.180 e. The minimum Gasteiger partial charge on any atom is -0.360 e. The summed E-state index contributed by atoms with van der Waals surface area (Å²) in [6.07, 6.45) is 9.13. The minimum absolute atomic E-state index is 0.0404. The highest BCUT2D eigenvalue weighted by Crippen LogP contribution is 2.26. The Kier molecular flexibility index (Phi) is 4.61. The van der Waals surface area contributed by atoms with E-state index in [9.17, 15) is 0 Å². The molecule has 0 saturated heterocycles. The number of hydrogen-bond acceptors (Lipinski definition) is 5. The van der Waals surface area contributed by atoms with Gasteiger partial charge in [-0.05, 0) is 60.0 Å². The molecule has 0 radical (unpaired) electrons. The lowest BCUT2D eigenvalue weighted by Crippen LogP contribution is -2.10. The van der Waals surface area contributed by atoms with Crippen LogP contribution in [0.15, 0.2) is 53.8 Å².